The first-order valence-corrected chi connectivity index (χ1v) is 5.85. The number of nitrogens with zero attached hydrogens (tertiary/aromatic N) is 3. The third-order valence-corrected chi connectivity index (χ3v) is 2.79. The number of nitrogens with one attached hydrogen (secondary N) is 2. The van der Waals surface area contributed by atoms with Crippen molar-refractivity contribution in [3.63, 3.8) is 0 Å². The minimum atomic E-state index is 0.716. The summed E-state index contributed by atoms with van der Waals surface area (Å²) in [5.74, 6) is 1.76. The lowest BCUT2D eigenvalue weighted by molar-refractivity contribution is 0.584. The third-order valence-electron chi connectivity index (χ3n) is 2.79. The zero-order chi connectivity index (χ0) is 11.4. The van der Waals surface area contributed by atoms with E-state index in [2.05, 4.69) is 38.5 Å². The Labute approximate surface area is 96.3 Å². The van der Waals surface area contributed by atoms with Crippen LogP contribution in [0.5, 0.6) is 0 Å². The van der Waals surface area contributed by atoms with Crippen LogP contribution >= 0.6 is 0 Å². The first-order chi connectivity index (χ1) is 7.83. The Kier molecular flexibility index (Phi) is 3.56. The quantitative estimate of drug-likeness (QED) is 0.778. The van der Waals surface area contributed by atoms with Crippen molar-refractivity contribution in [2.75, 3.05) is 43.4 Å². The summed E-state index contributed by atoms with van der Waals surface area (Å²) in [6, 6.07) is 2.09. The fourth-order valence-electron chi connectivity index (χ4n) is 1.83. The Morgan fingerprint density at radius 2 is 2.12 bits per heavy atom. The van der Waals surface area contributed by atoms with Crippen molar-refractivity contribution in [1.82, 2.24) is 15.3 Å². The normalized spacial score (nSPS) is 16.2. The summed E-state index contributed by atoms with van der Waals surface area (Å²) in [5, 5.41) is 6.36. The van der Waals surface area contributed by atoms with Crippen molar-refractivity contribution in [2.24, 2.45) is 0 Å². The SMILES string of the molecule is CCc1cc(N2CCNCC2)nc(NC)n1. The largest absolute Gasteiger partial charge is 0.357 e. The van der Waals surface area contributed by atoms with E-state index in [-0.39, 0.29) is 0 Å². The van der Waals surface area contributed by atoms with Crippen LogP contribution in [-0.2, 0) is 6.42 Å². The molecule has 1 saturated heterocycles. The summed E-state index contributed by atoms with van der Waals surface area (Å²) in [5.41, 5.74) is 1.09. The van der Waals surface area contributed by atoms with Crippen LogP contribution in [-0.4, -0.2) is 43.2 Å². The summed E-state index contributed by atoms with van der Waals surface area (Å²) in [6.07, 6.45) is 0.941. The maximum absolute atomic E-state index is 4.50. The maximum Gasteiger partial charge on any atom is 0.224 e. The Morgan fingerprint density at radius 1 is 1.38 bits per heavy atom. The van der Waals surface area contributed by atoms with Crippen molar-refractivity contribution >= 4 is 11.8 Å². The van der Waals surface area contributed by atoms with E-state index in [1.165, 1.54) is 0 Å². The van der Waals surface area contributed by atoms with Crippen LogP contribution in [0.3, 0.4) is 0 Å². The van der Waals surface area contributed by atoms with Crippen LogP contribution in [0, 0.1) is 0 Å². The molecule has 0 radical (unpaired) electrons. The van der Waals surface area contributed by atoms with Gasteiger partial charge in [-0.2, -0.15) is 4.98 Å². The summed E-state index contributed by atoms with van der Waals surface area (Å²) in [6.45, 7) is 6.21. The van der Waals surface area contributed by atoms with Gasteiger partial charge in [-0.05, 0) is 6.42 Å². The summed E-state index contributed by atoms with van der Waals surface area (Å²) < 4.78 is 0. The van der Waals surface area contributed by atoms with Crippen molar-refractivity contribution in [3.05, 3.63) is 11.8 Å². The lowest BCUT2D eigenvalue weighted by Crippen LogP contribution is -2.44. The van der Waals surface area contributed by atoms with Gasteiger partial charge < -0.3 is 15.5 Å². The van der Waals surface area contributed by atoms with Gasteiger partial charge in [0.25, 0.3) is 0 Å². The van der Waals surface area contributed by atoms with Crippen LogP contribution < -0.4 is 15.5 Å². The number of aromatic nitrogens is 2. The summed E-state index contributed by atoms with van der Waals surface area (Å²) in [7, 11) is 1.86. The van der Waals surface area contributed by atoms with Gasteiger partial charge in [0.1, 0.15) is 5.82 Å². The van der Waals surface area contributed by atoms with Gasteiger partial charge in [0.05, 0.1) is 0 Å². The van der Waals surface area contributed by atoms with Gasteiger partial charge in [-0.25, -0.2) is 4.98 Å². The number of hydrogen-bond donors (Lipinski definition) is 2. The average Bonchev–Trinajstić information content (AvgIpc) is 2.39. The highest BCUT2D eigenvalue weighted by molar-refractivity contribution is 5.45. The van der Waals surface area contributed by atoms with Crippen molar-refractivity contribution in [1.29, 1.82) is 0 Å². The zero-order valence-corrected chi connectivity index (χ0v) is 9.95. The molecule has 88 valence electrons. The van der Waals surface area contributed by atoms with E-state index in [0.717, 1.165) is 44.1 Å². The molecule has 2 N–H and O–H groups in total. The van der Waals surface area contributed by atoms with Gasteiger partial charge >= 0.3 is 0 Å². The predicted octanol–water partition coefficient (Wildman–Crippen LogP) is 0.490. The van der Waals surface area contributed by atoms with E-state index in [9.17, 15) is 0 Å². The fraction of sp³-hybridized carbons (Fsp3) is 0.636. The van der Waals surface area contributed by atoms with Crippen LogP contribution in [0.4, 0.5) is 11.8 Å². The molecule has 2 rings (SSSR count). The molecule has 2 heterocycles. The minimum absolute atomic E-state index is 0.716. The molecular weight excluding hydrogens is 202 g/mol. The number of aryl methyl sites for hydroxylation is 1. The van der Waals surface area contributed by atoms with Gasteiger partial charge in [-0.3, -0.25) is 0 Å². The maximum atomic E-state index is 4.50. The second-order valence-corrected chi connectivity index (χ2v) is 3.88. The lowest BCUT2D eigenvalue weighted by Gasteiger charge is -2.28. The van der Waals surface area contributed by atoms with Gasteiger partial charge in [0.2, 0.25) is 5.95 Å². The molecule has 1 aliphatic heterocycles. The van der Waals surface area contributed by atoms with E-state index >= 15 is 0 Å². The highest BCUT2D eigenvalue weighted by Crippen LogP contribution is 2.15. The standard InChI is InChI=1S/C11H19N5/c1-3-9-8-10(15-11(12-2)14-9)16-6-4-13-5-7-16/h8,13H,3-7H2,1-2H3,(H,12,14,15). The van der Waals surface area contributed by atoms with Crippen molar-refractivity contribution < 1.29 is 0 Å². The Hall–Kier alpha value is -1.36. The highest BCUT2D eigenvalue weighted by Gasteiger charge is 2.13. The molecule has 0 bridgehead atoms. The van der Waals surface area contributed by atoms with Gasteiger partial charge in [0.15, 0.2) is 0 Å². The molecule has 0 atom stereocenters. The number of rotatable bonds is 3. The molecule has 1 aliphatic rings. The van der Waals surface area contributed by atoms with E-state index in [0.29, 0.717) is 5.95 Å². The molecule has 0 amide bonds. The van der Waals surface area contributed by atoms with Gasteiger partial charge in [-0.15, -0.1) is 0 Å². The van der Waals surface area contributed by atoms with E-state index in [1.807, 2.05) is 7.05 Å². The number of anilines is 2. The zero-order valence-electron chi connectivity index (χ0n) is 9.95. The van der Waals surface area contributed by atoms with Crippen molar-refractivity contribution in [2.45, 2.75) is 13.3 Å². The van der Waals surface area contributed by atoms with E-state index < -0.39 is 0 Å². The first kappa shape index (κ1) is 11.1. The molecule has 0 spiro atoms. The summed E-state index contributed by atoms with van der Waals surface area (Å²) in [4.78, 5) is 11.2. The molecule has 1 fully saturated rings. The first-order valence-electron chi connectivity index (χ1n) is 5.85. The number of hydrogen-bond acceptors (Lipinski definition) is 5. The second kappa shape index (κ2) is 5.12. The molecular formula is C11H19N5. The second-order valence-electron chi connectivity index (χ2n) is 3.88. The smallest absolute Gasteiger partial charge is 0.224 e. The van der Waals surface area contributed by atoms with Crippen LogP contribution in [0.2, 0.25) is 0 Å². The van der Waals surface area contributed by atoms with E-state index in [1.54, 1.807) is 0 Å². The third kappa shape index (κ3) is 2.41. The molecule has 0 aliphatic carbocycles. The highest BCUT2D eigenvalue weighted by atomic mass is 15.3. The molecule has 0 saturated carbocycles. The van der Waals surface area contributed by atoms with Gasteiger partial charge in [-0.1, -0.05) is 6.92 Å². The molecule has 1 aromatic heterocycles. The van der Waals surface area contributed by atoms with E-state index in [4.69, 9.17) is 0 Å². The molecule has 5 heteroatoms. The average molecular weight is 221 g/mol. The van der Waals surface area contributed by atoms with Crippen LogP contribution in [0.25, 0.3) is 0 Å². The fourth-order valence-corrected chi connectivity index (χ4v) is 1.83. The summed E-state index contributed by atoms with van der Waals surface area (Å²) >= 11 is 0. The number of piperazine rings is 1. The van der Waals surface area contributed by atoms with Crippen molar-refractivity contribution in [3.8, 4) is 0 Å². The molecule has 1 aromatic rings. The lowest BCUT2D eigenvalue weighted by atomic mass is 10.3. The Balaban J connectivity index is 2.24. The van der Waals surface area contributed by atoms with Gasteiger partial charge in [0, 0.05) is 45.0 Å². The molecule has 0 unspecified atom stereocenters. The minimum Gasteiger partial charge on any atom is -0.357 e. The monoisotopic (exact) mass is 221 g/mol. The Bertz CT molecular complexity index is 324. The molecule has 16 heavy (non-hydrogen) atoms. The predicted molar refractivity (Wildman–Crippen MR) is 66.0 cm³/mol. The topological polar surface area (TPSA) is 53.1 Å². The van der Waals surface area contributed by atoms with Crippen LogP contribution in [0.15, 0.2) is 6.07 Å². The molecule has 0 aromatic carbocycles. The van der Waals surface area contributed by atoms with Crippen LogP contribution in [0.1, 0.15) is 12.6 Å². The Morgan fingerprint density at radius 3 is 2.75 bits per heavy atom. The molecule has 5 nitrogen and oxygen atoms in total.